The number of nitrogens with zero attached hydrogens (tertiary/aromatic N) is 3. The van der Waals surface area contributed by atoms with E-state index >= 15 is 0 Å². The first-order valence-corrected chi connectivity index (χ1v) is 9.10. The number of carbonyl (C=O) groups excluding carboxylic acids is 1. The number of hydrogen-bond donors (Lipinski definition) is 1. The molecule has 3 rings (SSSR count). The fraction of sp³-hybridized carbons (Fsp3) is 0.579. The van der Waals surface area contributed by atoms with Crippen molar-refractivity contribution in [2.45, 2.75) is 39.7 Å². The van der Waals surface area contributed by atoms with Gasteiger partial charge in [-0.05, 0) is 30.9 Å². The first-order chi connectivity index (χ1) is 12.0. The highest BCUT2D eigenvalue weighted by Crippen LogP contribution is 2.14. The van der Waals surface area contributed by atoms with Gasteiger partial charge in [0.25, 0.3) is 0 Å². The van der Waals surface area contributed by atoms with Crippen molar-refractivity contribution in [3.8, 4) is 0 Å². The molecule has 3 heterocycles. The number of nitrogens with one attached hydrogen (secondary N) is 1. The summed E-state index contributed by atoms with van der Waals surface area (Å²) in [6.07, 6.45) is 5.85. The molecule has 0 unspecified atom stereocenters. The Morgan fingerprint density at radius 2 is 2.32 bits per heavy atom. The van der Waals surface area contributed by atoms with Gasteiger partial charge in [-0.1, -0.05) is 19.9 Å². The van der Waals surface area contributed by atoms with E-state index in [2.05, 4.69) is 37.1 Å². The third kappa shape index (κ3) is 4.51. The molecular formula is C19H28N4O2. The van der Waals surface area contributed by atoms with Gasteiger partial charge in [0.05, 0.1) is 11.8 Å². The van der Waals surface area contributed by atoms with E-state index in [1.165, 1.54) is 0 Å². The van der Waals surface area contributed by atoms with Crippen LogP contribution < -0.4 is 5.32 Å². The van der Waals surface area contributed by atoms with Crippen molar-refractivity contribution < 1.29 is 9.53 Å². The second-order valence-electron chi connectivity index (χ2n) is 7.22. The van der Waals surface area contributed by atoms with Crippen LogP contribution in [-0.2, 0) is 11.2 Å². The van der Waals surface area contributed by atoms with Crippen molar-refractivity contribution in [2.75, 3.05) is 26.2 Å². The number of aryl methyl sites for hydroxylation is 1. The molecule has 1 atom stereocenters. The topological polar surface area (TPSA) is 58.9 Å². The average molecular weight is 344 g/mol. The van der Waals surface area contributed by atoms with E-state index < -0.39 is 0 Å². The van der Waals surface area contributed by atoms with Gasteiger partial charge >= 0.3 is 6.03 Å². The Morgan fingerprint density at radius 1 is 1.48 bits per heavy atom. The summed E-state index contributed by atoms with van der Waals surface area (Å²) in [7, 11) is 0. The first-order valence-electron chi connectivity index (χ1n) is 9.10. The van der Waals surface area contributed by atoms with E-state index in [4.69, 9.17) is 4.74 Å². The van der Waals surface area contributed by atoms with Gasteiger partial charge in [0.1, 0.15) is 5.65 Å². The lowest BCUT2D eigenvalue weighted by atomic mass is 10.2. The molecule has 1 fully saturated rings. The number of ether oxygens (including phenoxy) is 1. The van der Waals surface area contributed by atoms with Gasteiger partial charge in [-0.15, -0.1) is 0 Å². The molecule has 2 aromatic rings. The molecule has 1 saturated heterocycles. The normalized spacial score (nSPS) is 17.6. The van der Waals surface area contributed by atoms with Crippen LogP contribution in [0, 0.1) is 12.8 Å². The molecule has 25 heavy (non-hydrogen) atoms. The largest absolute Gasteiger partial charge is 0.376 e. The Kier molecular flexibility index (Phi) is 5.58. The summed E-state index contributed by atoms with van der Waals surface area (Å²) in [5.41, 5.74) is 3.13. The summed E-state index contributed by atoms with van der Waals surface area (Å²) in [4.78, 5) is 18.8. The van der Waals surface area contributed by atoms with Crippen LogP contribution in [0.3, 0.4) is 0 Å². The zero-order valence-corrected chi connectivity index (χ0v) is 15.4. The van der Waals surface area contributed by atoms with E-state index in [0.29, 0.717) is 19.0 Å². The molecule has 0 radical (unpaired) electrons. The van der Waals surface area contributed by atoms with Crippen LogP contribution >= 0.6 is 0 Å². The number of rotatable bonds is 6. The van der Waals surface area contributed by atoms with E-state index in [-0.39, 0.29) is 12.1 Å². The summed E-state index contributed by atoms with van der Waals surface area (Å²) in [5, 5.41) is 3.00. The van der Waals surface area contributed by atoms with E-state index in [9.17, 15) is 4.79 Å². The molecule has 6 nitrogen and oxygen atoms in total. The monoisotopic (exact) mass is 344 g/mol. The number of carbonyl (C=O) groups is 1. The number of likely N-dealkylation sites (tertiary alicyclic amines) is 1. The fourth-order valence-corrected chi connectivity index (χ4v) is 3.11. The van der Waals surface area contributed by atoms with Crippen molar-refractivity contribution >= 4 is 11.7 Å². The van der Waals surface area contributed by atoms with Gasteiger partial charge in [-0.3, -0.25) is 0 Å². The molecule has 1 aliphatic rings. The van der Waals surface area contributed by atoms with Crippen LogP contribution in [0.5, 0.6) is 0 Å². The molecule has 6 heteroatoms. The highest BCUT2D eigenvalue weighted by Gasteiger charge is 2.26. The van der Waals surface area contributed by atoms with E-state index in [0.717, 1.165) is 42.9 Å². The van der Waals surface area contributed by atoms with Gasteiger partial charge in [0.2, 0.25) is 0 Å². The summed E-state index contributed by atoms with van der Waals surface area (Å²) < 4.78 is 7.86. The molecule has 2 amide bonds. The Labute approximate surface area is 149 Å². The third-order valence-electron chi connectivity index (χ3n) is 4.48. The summed E-state index contributed by atoms with van der Waals surface area (Å²) >= 11 is 0. The molecule has 1 aliphatic heterocycles. The number of urea groups is 1. The first kappa shape index (κ1) is 17.7. The summed E-state index contributed by atoms with van der Waals surface area (Å²) in [6.45, 7) is 9.14. The Bertz CT molecular complexity index is 725. The maximum Gasteiger partial charge on any atom is 0.317 e. The molecule has 136 valence electrons. The van der Waals surface area contributed by atoms with Crippen molar-refractivity contribution in [3.05, 3.63) is 35.8 Å². The van der Waals surface area contributed by atoms with E-state index in [1.807, 2.05) is 27.8 Å². The molecule has 0 spiro atoms. The van der Waals surface area contributed by atoms with E-state index in [1.54, 1.807) is 0 Å². The fourth-order valence-electron chi connectivity index (χ4n) is 3.11. The van der Waals surface area contributed by atoms with Gasteiger partial charge in [0.15, 0.2) is 0 Å². The molecule has 1 N–H and O–H groups in total. The average Bonchev–Trinajstić information content (AvgIpc) is 3.20. The molecule has 2 aromatic heterocycles. The summed E-state index contributed by atoms with van der Waals surface area (Å²) in [5.74, 6) is 0.525. The molecule has 0 bridgehead atoms. The number of amides is 2. The highest BCUT2D eigenvalue weighted by molar-refractivity contribution is 5.74. The van der Waals surface area contributed by atoms with Crippen molar-refractivity contribution in [3.63, 3.8) is 0 Å². The van der Waals surface area contributed by atoms with Crippen molar-refractivity contribution in [1.29, 1.82) is 0 Å². The Balaban J connectivity index is 1.44. The zero-order chi connectivity index (χ0) is 17.8. The van der Waals surface area contributed by atoms with Crippen molar-refractivity contribution in [2.24, 2.45) is 5.92 Å². The Hall–Kier alpha value is -2.08. The minimum Gasteiger partial charge on any atom is -0.376 e. The van der Waals surface area contributed by atoms with Crippen LogP contribution in [0.4, 0.5) is 4.79 Å². The maximum absolute atomic E-state index is 12.3. The van der Waals surface area contributed by atoms with Gasteiger partial charge in [-0.2, -0.15) is 0 Å². The van der Waals surface area contributed by atoms with Crippen LogP contribution in [0.25, 0.3) is 5.65 Å². The molecule has 0 aliphatic carbocycles. The lowest BCUT2D eigenvalue weighted by Crippen LogP contribution is -2.40. The molecule has 0 aromatic carbocycles. The molecular weight excluding hydrogens is 316 g/mol. The lowest BCUT2D eigenvalue weighted by Gasteiger charge is -2.18. The zero-order valence-electron chi connectivity index (χ0n) is 15.4. The van der Waals surface area contributed by atoms with Crippen LogP contribution in [0.15, 0.2) is 24.5 Å². The second-order valence-corrected chi connectivity index (χ2v) is 7.22. The predicted octanol–water partition coefficient (Wildman–Crippen LogP) is 2.64. The van der Waals surface area contributed by atoms with Crippen LogP contribution in [0.1, 0.15) is 31.5 Å². The van der Waals surface area contributed by atoms with Crippen molar-refractivity contribution in [1.82, 2.24) is 19.6 Å². The highest BCUT2D eigenvalue weighted by atomic mass is 16.5. The SMILES string of the molecule is Cc1cccn2cc(CCNC(=O)N3CC[C@H](OCC(C)C)C3)nc12. The van der Waals surface area contributed by atoms with Crippen LogP contribution in [0.2, 0.25) is 0 Å². The van der Waals surface area contributed by atoms with Gasteiger partial charge in [-0.25, -0.2) is 9.78 Å². The third-order valence-corrected chi connectivity index (χ3v) is 4.48. The number of hydrogen-bond acceptors (Lipinski definition) is 3. The smallest absolute Gasteiger partial charge is 0.317 e. The predicted molar refractivity (Wildman–Crippen MR) is 97.8 cm³/mol. The Morgan fingerprint density at radius 3 is 3.08 bits per heavy atom. The summed E-state index contributed by atoms with van der Waals surface area (Å²) in [6, 6.07) is 4.07. The standard InChI is InChI=1S/C19H28N4O2/c1-14(2)13-25-17-7-10-23(12-17)19(24)20-8-6-16-11-22-9-4-5-15(3)18(22)21-16/h4-5,9,11,14,17H,6-8,10,12-13H2,1-3H3,(H,20,24)/t17-/m0/s1. The van der Waals surface area contributed by atoms with Gasteiger partial charge in [0, 0.05) is 45.1 Å². The van der Waals surface area contributed by atoms with Crippen LogP contribution in [-0.4, -0.2) is 52.7 Å². The number of fused-ring (bicyclic) bond motifs is 1. The number of aromatic nitrogens is 2. The van der Waals surface area contributed by atoms with Gasteiger partial charge < -0.3 is 19.4 Å². The lowest BCUT2D eigenvalue weighted by molar-refractivity contribution is 0.0436. The second kappa shape index (κ2) is 7.87. The minimum atomic E-state index is -0.00408. The number of pyridine rings is 1. The quantitative estimate of drug-likeness (QED) is 0.876. The minimum absolute atomic E-state index is 0.00408. The molecule has 0 saturated carbocycles. The number of imidazole rings is 1. The maximum atomic E-state index is 12.3.